The van der Waals surface area contributed by atoms with Gasteiger partial charge in [-0.2, -0.15) is 0 Å². The van der Waals surface area contributed by atoms with Gasteiger partial charge >= 0.3 is 0 Å². The normalized spacial score (nSPS) is 19.2. The van der Waals surface area contributed by atoms with Gasteiger partial charge in [0.05, 0.1) is 6.61 Å². The van der Waals surface area contributed by atoms with Gasteiger partial charge in [0.2, 0.25) is 0 Å². The molecule has 3 heteroatoms. The smallest absolute Gasteiger partial charge is 0.0613 e. The highest BCUT2D eigenvalue weighted by Crippen LogP contribution is 2.29. The number of likely N-dealkylation sites (N-methyl/N-ethyl adjacent to an activating group) is 1. The lowest BCUT2D eigenvalue weighted by atomic mass is 9.91. The highest BCUT2D eigenvalue weighted by molar-refractivity contribution is 4.86. The summed E-state index contributed by atoms with van der Waals surface area (Å²) in [4.78, 5) is 2.57. The third-order valence-electron chi connectivity index (χ3n) is 4.32. The summed E-state index contributed by atoms with van der Waals surface area (Å²) in [6.07, 6.45) is 6.13. The molecule has 0 bridgehead atoms. The Balaban J connectivity index is 2.27. The van der Waals surface area contributed by atoms with Crippen molar-refractivity contribution in [3.8, 4) is 0 Å². The summed E-state index contributed by atoms with van der Waals surface area (Å²) in [7, 11) is 0. The molecule has 1 saturated carbocycles. The van der Waals surface area contributed by atoms with Crippen LogP contribution in [0.5, 0.6) is 0 Å². The second kappa shape index (κ2) is 8.13. The van der Waals surface area contributed by atoms with Crippen LogP contribution in [0.1, 0.15) is 52.9 Å². The summed E-state index contributed by atoms with van der Waals surface area (Å²) >= 11 is 0. The molecule has 0 radical (unpaired) electrons. The molecule has 0 saturated heterocycles. The first-order valence-corrected chi connectivity index (χ1v) is 7.78. The fourth-order valence-corrected chi connectivity index (χ4v) is 2.70. The molecule has 1 unspecified atom stereocenters. The molecule has 108 valence electrons. The third kappa shape index (κ3) is 5.25. The maximum atomic E-state index is 9.61. The summed E-state index contributed by atoms with van der Waals surface area (Å²) in [5.41, 5.74) is -0.0479. The molecule has 0 heterocycles. The molecule has 2 N–H and O–H groups in total. The van der Waals surface area contributed by atoms with E-state index in [0.717, 1.165) is 31.8 Å². The number of nitrogens with one attached hydrogen (secondary N) is 1. The highest BCUT2D eigenvalue weighted by Gasteiger charge is 2.27. The van der Waals surface area contributed by atoms with Gasteiger partial charge < -0.3 is 15.3 Å². The topological polar surface area (TPSA) is 35.5 Å². The van der Waals surface area contributed by atoms with Gasteiger partial charge in [0.15, 0.2) is 0 Å². The van der Waals surface area contributed by atoms with Crippen molar-refractivity contribution in [2.75, 3.05) is 32.8 Å². The minimum absolute atomic E-state index is 0.0479. The van der Waals surface area contributed by atoms with Gasteiger partial charge in [0.1, 0.15) is 0 Å². The maximum absolute atomic E-state index is 9.61. The molecular weight excluding hydrogens is 224 g/mol. The van der Waals surface area contributed by atoms with Crippen molar-refractivity contribution in [2.45, 2.75) is 58.4 Å². The van der Waals surface area contributed by atoms with Crippen molar-refractivity contribution < 1.29 is 5.11 Å². The predicted octanol–water partition coefficient (Wildman–Crippen LogP) is 2.25. The number of aliphatic hydroxyl groups is 1. The Hall–Kier alpha value is -0.120. The third-order valence-corrected chi connectivity index (χ3v) is 4.32. The Morgan fingerprint density at radius 1 is 1.28 bits per heavy atom. The van der Waals surface area contributed by atoms with Gasteiger partial charge in [-0.25, -0.2) is 0 Å². The van der Waals surface area contributed by atoms with Crippen molar-refractivity contribution in [3.05, 3.63) is 0 Å². The quantitative estimate of drug-likeness (QED) is 0.595. The molecule has 0 spiro atoms. The Morgan fingerprint density at radius 3 is 2.44 bits per heavy atom. The molecule has 0 aromatic carbocycles. The number of rotatable bonds is 11. The summed E-state index contributed by atoms with van der Waals surface area (Å²) < 4.78 is 0. The Morgan fingerprint density at radius 2 is 2.00 bits per heavy atom. The first-order valence-electron chi connectivity index (χ1n) is 7.78. The molecule has 0 aromatic heterocycles. The van der Waals surface area contributed by atoms with E-state index in [2.05, 4.69) is 31.0 Å². The van der Waals surface area contributed by atoms with Crippen LogP contribution in [0.3, 0.4) is 0 Å². The largest absolute Gasteiger partial charge is 0.394 e. The summed E-state index contributed by atoms with van der Waals surface area (Å²) in [6.45, 7) is 11.4. The second-order valence-corrected chi connectivity index (χ2v) is 5.76. The summed E-state index contributed by atoms with van der Waals surface area (Å²) in [5.74, 6) is 0.979. The lowest BCUT2D eigenvalue weighted by molar-refractivity contribution is 0.140. The van der Waals surface area contributed by atoms with E-state index in [4.69, 9.17) is 0 Å². The molecule has 1 fully saturated rings. The lowest BCUT2D eigenvalue weighted by Crippen LogP contribution is -2.48. The molecule has 1 rings (SSSR count). The Bertz CT molecular complexity index is 213. The molecule has 1 aliphatic rings. The van der Waals surface area contributed by atoms with Crippen LogP contribution in [0.2, 0.25) is 0 Å². The number of hydrogen-bond acceptors (Lipinski definition) is 3. The van der Waals surface area contributed by atoms with Crippen LogP contribution < -0.4 is 5.32 Å². The molecule has 18 heavy (non-hydrogen) atoms. The van der Waals surface area contributed by atoms with Crippen LogP contribution in [-0.2, 0) is 0 Å². The van der Waals surface area contributed by atoms with Gasteiger partial charge in [0, 0.05) is 12.1 Å². The summed E-state index contributed by atoms with van der Waals surface area (Å²) in [5, 5.41) is 13.1. The van der Waals surface area contributed by atoms with Gasteiger partial charge in [0.25, 0.3) is 0 Å². The van der Waals surface area contributed by atoms with E-state index in [9.17, 15) is 5.11 Å². The standard InChI is InChI=1S/C15H32N2O/c1-4-15(13-18,16-5-2)10-7-11-17(6-3)12-14-8-9-14/h14,16,18H,4-13H2,1-3H3. The van der Waals surface area contributed by atoms with Crippen LogP contribution >= 0.6 is 0 Å². The Labute approximate surface area is 113 Å². The van der Waals surface area contributed by atoms with E-state index in [1.807, 2.05) is 0 Å². The average molecular weight is 256 g/mol. The van der Waals surface area contributed by atoms with E-state index in [1.165, 1.54) is 32.4 Å². The van der Waals surface area contributed by atoms with Crippen LogP contribution in [0.4, 0.5) is 0 Å². The van der Waals surface area contributed by atoms with Gasteiger partial charge in [-0.15, -0.1) is 0 Å². The zero-order chi connectivity index (χ0) is 13.4. The van der Waals surface area contributed by atoms with Crippen molar-refractivity contribution in [1.29, 1.82) is 0 Å². The van der Waals surface area contributed by atoms with E-state index in [1.54, 1.807) is 0 Å². The number of nitrogens with zero attached hydrogens (tertiary/aromatic N) is 1. The molecule has 1 aliphatic carbocycles. The average Bonchev–Trinajstić information content (AvgIpc) is 3.20. The second-order valence-electron chi connectivity index (χ2n) is 5.76. The maximum Gasteiger partial charge on any atom is 0.0613 e. The number of hydrogen-bond donors (Lipinski definition) is 2. The molecule has 0 aliphatic heterocycles. The van der Waals surface area contributed by atoms with Crippen LogP contribution in [-0.4, -0.2) is 48.3 Å². The SMILES string of the molecule is CCNC(CC)(CO)CCCN(CC)CC1CC1. The van der Waals surface area contributed by atoms with Crippen LogP contribution in [0, 0.1) is 5.92 Å². The van der Waals surface area contributed by atoms with Crippen molar-refractivity contribution >= 4 is 0 Å². The van der Waals surface area contributed by atoms with Gasteiger partial charge in [-0.1, -0.05) is 20.8 Å². The number of aliphatic hydroxyl groups excluding tert-OH is 1. The van der Waals surface area contributed by atoms with Crippen LogP contribution in [0.25, 0.3) is 0 Å². The minimum Gasteiger partial charge on any atom is -0.394 e. The predicted molar refractivity (Wildman–Crippen MR) is 77.9 cm³/mol. The van der Waals surface area contributed by atoms with E-state index in [-0.39, 0.29) is 12.1 Å². The molecule has 3 nitrogen and oxygen atoms in total. The molecule has 1 atom stereocenters. The first kappa shape index (κ1) is 15.9. The van der Waals surface area contributed by atoms with Gasteiger partial charge in [-0.3, -0.25) is 0 Å². The van der Waals surface area contributed by atoms with E-state index >= 15 is 0 Å². The van der Waals surface area contributed by atoms with E-state index in [0.29, 0.717) is 0 Å². The van der Waals surface area contributed by atoms with Crippen molar-refractivity contribution in [2.24, 2.45) is 5.92 Å². The zero-order valence-corrected chi connectivity index (χ0v) is 12.5. The van der Waals surface area contributed by atoms with Crippen LogP contribution in [0.15, 0.2) is 0 Å². The monoisotopic (exact) mass is 256 g/mol. The van der Waals surface area contributed by atoms with Gasteiger partial charge in [-0.05, 0) is 57.7 Å². The fraction of sp³-hybridized carbons (Fsp3) is 1.00. The van der Waals surface area contributed by atoms with Crippen molar-refractivity contribution in [3.63, 3.8) is 0 Å². The fourth-order valence-electron chi connectivity index (χ4n) is 2.70. The molecule has 0 aromatic rings. The highest BCUT2D eigenvalue weighted by atomic mass is 16.3. The first-order chi connectivity index (χ1) is 8.69. The zero-order valence-electron chi connectivity index (χ0n) is 12.5. The summed E-state index contributed by atoms with van der Waals surface area (Å²) in [6, 6.07) is 0. The minimum atomic E-state index is -0.0479. The molecule has 0 amide bonds. The van der Waals surface area contributed by atoms with Crippen molar-refractivity contribution in [1.82, 2.24) is 10.2 Å². The molecular formula is C15H32N2O. The Kier molecular flexibility index (Phi) is 7.20. The lowest BCUT2D eigenvalue weighted by Gasteiger charge is -2.32. The van der Waals surface area contributed by atoms with E-state index < -0.39 is 0 Å².